The topological polar surface area (TPSA) is 63.1 Å². The van der Waals surface area contributed by atoms with Crippen molar-refractivity contribution in [2.24, 2.45) is 0 Å². The predicted molar refractivity (Wildman–Crippen MR) is 86.8 cm³/mol. The second-order valence-corrected chi connectivity index (χ2v) is 5.88. The molecular weight excluding hydrogens is 278 g/mol. The fourth-order valence-corrected chi connectivity index (χ4v) is 3.05. The molecule has 0 aliphatic carbocycles. The van der Waals surface area contributed by atoms with E-state index in [1.165, 1.54) is 6.07 Å². The maximum absolute atomic E-state index is 12.3. The zero-order valence-electron chi connectivity index (χ0n) is 12.7. The van der Waals surface area contributed by atoms with Crippen LogP contribution >= 0.6 is 0 Å². The first kappa shape index (κ1) is 14.8. The lowest BCUT2D eigenvalue weighted by Crippen LogP contribution is -2.52. The van der Waals surface area contributed by atoms with Gasteiger partial charge in [-0.3, -0.25) is 9.59 Å². The van der Waals surface area contributed by atoms with Gasteiger partial charge in [0.2, 0.25) is 5.91 Å². The van der Waals surface area contributed by atoms with E-state index >= 15 is 0 Å². The summed E-state index contributed by atoms with van der Waals surface area (Å²) in [5.41, 5.74) is 0.775. The summed E-state index contributed by atoms with van der Waals surface area (Å²) in [6.45, 7) is 3.33. The highest BCUT2D eigenvalue weighted by molar-refractivity contribution is 5.82. The first-order valence-electron chi connectivity index (χ1n) is 7.76. The monoisotopic (exact) mass is 299 g/mol. The molecule has 1 aliphatic rings. The summed E-state index contributed by atoms with van der Waals surface area (Å²) in [4.78, 5) is 24.2. The number of aromatic nitrogens is 1. The molecule has 116 valence electrons. The third kappa shape index (κ3) is 3.04. The number of para-hydroxylation sites is 1. The Hall–Kier alpha value is -2.14. The van der Waals surface area contributed by atoms with Crippen molar-refractivity contribution in [3.8, 4) is 0 Å². The maximum Gasteiger partial charge on any atom is 0.240 e. The van der Waals surface area contributed by atoms with Gasteiger partial charge < -0.3 is 15.2 Å². The van der Waals surface area contributed by atoms with Crippen LogP contribution in [0.25, 0.3) is 10.9 Å². The van der Waals surface area contributed by atoms with Crippen molar-refractivity contribution in [3.05, 3.63) is 46.8 Å². The van der Waals surface area contributed by atoms with Gasteiger partial charge in [-0.15, -0.1) is 0 Å². The van der Waals surface area contributed by atoms with Crippen molar-refractivity contribution >= 4 is 16.8 Å². The van der Waals surface area contributed by atoms with Crippen LogP contribution < -0.4 is 16.1 Å². The summed E-state index contributed by atoms with van der Waals surface area (Å²) in [5.74, 6) is -0.0191. The third-order valence-corrected chi connectivity index (χ3v) is 4.31. The summed E-state index contributed by atoms with van der Waals surface area (Å²) in [5, 5.41) is 7.12. The highest BCUT2D eigenvalue weighted by Gasteiger charge is 2.22. The summed E-state index contributed by atoms with van der Waals surface area (Å²) in [6.07, 6.45) is 3.77. The molecule has 3 rings (SSSR count). The molecule has 5 nitrogen and oxygen atoms in total. The molecule has 1 aromatic heterocycles. The maximum atomic E-state index is 12.3. The Balaban J connectivity index is 1.77. The van der Waals surface area contributed by atoms with E-state index in [9.17, 15) is 9.59 Å². The number of hydrogen-bond acceptors (Lipinski definition) is 3. The quantitative estimate of drug-likeness (QED) is 0.897. The first-order valence-corrected chi connectivity index (χ1v) is 7.76. The Morgan fingerprint density at radius 3 is 3.00 bits per heavy atom. The molecule has 2 N–H and O–H groups in total. The fourth-order valence-electron chi connectivity index (χ4n) is 3.05. The van der Waals surface area contributed by atoms with Crippen LogP contribution in [0.2, 0.25) is 0 Å². The van der Waals surface area contributed by atoms with Gasteiger partial charge in [-0.05, 0) is 38.4 Å². The number of amides is 1. The Labute approximate surface area is 129 Å². The first-order chi connectivity index (χ1) is 10.6. The van der Waals surface area contributed by atoms with Crippen LogP contribution in [-0.4, -0.2) is 29.1 Å². The summed E-state index contributed by atoms with van der Waals surface area (Å²) < 4.78 is 1.83. The van der Waals surface area contributed by atoms with Gasteiger partial charge in [0.25, 0.3) is 0 Å². The number of benzene rings is 1. The number of nitrogens with one attached hydrogen (secondary N) is 2. The lowest BCUT2D eigenvalue weighted by atomic mass is 10.00. The molecule has 0 saturated carbocycles. The van der Waals surface area contributed by atoms with Crippen molar-refractivity contribution in [2.75, 3.05) is 6.54 Å². The molecule has 5 heteroatoms. The summed E-state index contributed by atoms with van der Waals surface area (Å²) in [6, 6.07) is 9.36. The van der Waals surface area contributed by atoms with E-state index in [2.05, 4.69) is 17.6 Å². The van der Waals surface area contributed by atoms with E-state index in [0.29, 0.717) is 11.4 Å². The van der Waals surface area contributed by atoms with Crippen molar-refractivity contribution < 1.29 is 4.79 Å². The largest absolute Gasteiger partial charge is 0.350 e. The number of hydrogen-bond donors (Lipinski definition) is 2. The van der Waals surface area contributed by atoms with Crippen LogP contribution in [-0.2, 0) is 11.3 Å². The minimum absolute atomic E-state index is 0.0163. The van der Waals surface area contributed by atoms with Gasteiger partial charge in [0.05, 0.1) is 5.52 Å². The van der Waals surface area contributed by atoms with Gasteiger partial charge in [0.1, 0.15) is 6.54 Å². The number of nitrogens with zero attached hydrogens (tertiary/aromatic N) is 1. The van der Waals surface area contributed by atoms with Gasteiger partial charge in [0, 0.05) is 29.7 Å². The summed E-state index contributed by atoms with van der Waals surface area (Å²) >= 11 is 0. The molecular formula is C17H21N3O2. The van der Waals surface area contributed by atoms with E-state index < -0.39 is 0 Å². The molecule has 0 bridgehead atoms. The van der Waals surface area contributed by atoms with E-state index in [-0.39, 0.29) is 23.9 Å². The van der Waals surface area contributed by atoms with E-state index in [4.69, 9.17) is 0 Å². The van der Waals surface area contributed by atoms with Crippen molar-refractivity contribution in [3.63, 3.8) is 0 Å². The van der Waals surface area contributed by atoms with Crippen LogP contribution in [0.15, 0.2) is 41.3 Å². The van der Waals surface area contributed by atoms with Crippen LogP contribution in [0.5, 0.6) is 0 Å². The van der Waals surface area contributed by atoms with Crippen LogP contribution in [0, 0.1) is 0 Å². The standard InChI is InChI=1S/C17H21N3O2/c1-12-14(6-4-9-18-12)19-17(22)11-20-10-8-16(21)13-5-2-3-7-15(13)20/h2-3,5,7-8,10,12,14,18H,4,6,9,11H2,1H3,(H,19,22). The van der Waals surface area contributed by atoms with Gasteiger partial charge in [-0.25, -0.2) is 0 Å². The molecule has 2 aromatic rings. The molecule has 1 saturated heterocycles. The second-order valence-electron chi connectivity index (χ2n) is 5.88. The average Bonchev–Trinajstić information content (AvgIpc) is 2.53. The number of carbonyl (C=O) groups excluding carboxylic acids is 1. The zero-order chi connectivity index (χ0) is 15.5. The molecule has 1 aliphatic heterocycles. The van der Waals surface area contributed by atoms with Gasteiger partial charge in [-0.2, -0.15) is 0 Å². The highest BCUT2D eigenvalue weighted by Crippen LogP contribution is 2.11. The van der Waals surface area contributed by atoms with E-state index in [0.717, 1.165) is 24.9 Å². The van der Waals surface area contributed by atoms with Crippen LogP contribution in [0.4, 0.5) is 0 Å². The second kappa shape index (κ2) is 6.32. The predicted octanol–water partition coefficient (Wildman–Crippen LogP) is 1.26. The molecule has 2 atom stereocenters. The molecule has 22 heavy (non-hydrogen) atoms. The molecule has 1 amide bonds. The van der Waals surface area contributed by atoms with E-state index in [1.54, 1.807) is 12.3 Å². The Bertz CT molecular complexity index is 738. The number of pyridine rings is 1. The SMILES string of the molecule is CC1NCCCC1NC(=O)Cn1ccc(=O)c2ccccc21. The number of carbonyl (C=O) groups is 1. The minimum Gasteiger partial charge on any atom is -0.350 e. The highest BCUT2D eigenvalue weighted by atomic mass is 16.2. The normalized spacial score (nSPS) is 21.7. The van der Waals surface area contributed by atoms with Crippen molar-refractivity contribution in [1.29, 1.82) is 0 Å². The number of piperidine rings is 1. The fraction of sp³-hybridized carbons (Fsp3) is 0.412. The van der Waals surface area contributed by atoms with Gasteiger partial charge in [-0.1, -0.05) is 12.1 Å². The van der Waals surface area contributed by atoms with Crippen molar-refractivity contribution in [1.82, 2.24) is 15.2 Å². The molecule has 2 heterocycles. The molecule has 0 radical (unpaired) electrons. The van der Waals surface area contributed by atoms with Crippen LogP contribution in [0.3, 0.4) is 0 Å². The molecule has 1 aromatic carbocycles. The number of fused-ring (bicyclic) bond motifs is 1. The number of rotatable bonds is 3. The third-order valence-electron chi connectivity index (χ3n) is 4.31. The van der Waals surface area contributed by atoms with Gasteiger partial charge >= 0.3 is 0 Å². The summed E-state index contributed by atoms with van der Waals surface area (Å²) in [7, 11) is 0. The lowest BCUT2D eigenvalue weighted by molar-refractivity contribution is -0.122. The smallest absolute Gasteiger partial charge is 0.240 e. The molecule has 2 unspecified atom stereocenters. The minimum atomic E-state index is -0.0191. The Kier molecular flexibility index (Phi) is 4.24. The van der Waals surface area contributed by atoms with Gasteiger partial charge in [0.15, 0.2) is 5.43 Å². The van der Waals surface area contributed by atoms with Crippen molar-refractivity contribution in [2.45, 2.75) is 38.4 Å². The Morgan fingerprint density at radius 1 is 1.36 bits per heavy atom. The van der Waals surface area contributed by atoms with E-state index in [1.807, 2.05) is 22.8 Å². The zero-order valence-corrected chi connectivity index (χ0v) is 12.7. The molecule has 1 fully saturated rings. The Morgan fingerprint density at radius 2 is 2.18 bits per heavy atom. The average molecular weight is 299 g/mol. The van der Waals surface area contributed by atoms with Crippen LogP contribution in [0.1, 0.15) is 19.8 Å². The molecule has 0 spiro atoms. The lowest BCUT2D eigenvalue weighted by Gasteiger charge is -2.30.